The highest BCUT2D eigenvalue weighted by molar-refractivity contribution is 5.93. The Balaban J connectivity index is 1.92. The van der Waals surface area contributed by atoms with Crippen LogP contribution in [0, 0.1) is 0 Å². The molecule has 1 N–H and O–H groups in total. The number of ketones is 1. The molecule has 0 saturated carbocycles. The van der Waals surface area contributed by atoms with Crippen LogP contribution in [0.2, 0.25) is 0 Å². The summed E-state index contributed by atoms with van der Waals surface area (Å²) >= 11 is 0. The lowest BCUT2D eigenvalue weighted by molar-refractivity contribution is 0.0978. The SMILES string of the molecule is O=C(CCc1ccccc1)c1cn[nH]n1. The van der Waals surface area contributed by atoms with E-state index in [2.05, 4.69) is 15.4 Å². The molecule has 0 saturated heterocycles. The van der Waals surface area contributed by atoms with Crippen LogP contribution in [-0.2, 0) is 6.42 Å². The quantitative estimate of drug-likeness (QED) is 0.764. The van der Waals surface area contributed by atoms with Gasteiger partial charge in [-0.25, -0.2) is 0 Å². The maximum atomic E-state index is 11.6. The zero-order chi connectivity index (χ0) is 10.5. The number of aryl methyl sites for hydroxylation is 1. The minimum absolute atomic E-state index is 0.0209. The van der Waals surface area contributed by atoms with E-state index >= 15 is 0 Å². The highest BCUT2D eigenvalue weighted by atomic mass is 16.1. The Labute approximate surface area is 87.3 Å². The van der Waals surface area contributed by atoms with Crippen molar-refractivity contribution in [3.63, 3.8) is 0 Å². The zero-order valence-electron chi connectivity index (χ0n) is 8.18. The van der Waals surface area contributed by atoms with Gasteiger partial charge in [0, 0.05) is 6.42 Å². The summed E-state index contributed by atoms with van der Waals surface area (Å²) in [6.45, 7) is 0. The second-order valence-electron chi connectivity index (χ2n) is 3.26. The summed E-state index contributed by atoms with van der Waals surface area (Å²) in [5.41, 5.74) is 1.57. The molecule has 0 bridgehead atoms. The van der Waals surface area contributed by atoms with Gasteiger partial charge in [0.1, 0.15) is 5.69 Å². The molecule has 1 aromatic heterocycles. The summed E-state index contributed by atoms with van der Waals surface area (Å²) in [7, 11) is 0. The topological polar surface area (TPSA) is 58.6 Å². The Morgan fingerprint density at radius 1 is 1.27 bits per heavy atom. The van der Waals surface area contributed by atoms with Gasteiger partial charge in [0.15, 0.2) is 5.78 Å². The molecular weight excluding hydrogens is 190 g/mol. The first-order valence-corrected chi connectivity index (χ1v) is 4.79. The first-order chi connectivity index (χ1) is 7.36. The molecule has 0 atom stereocenters. The van der Waals surface area contributed by atoms with Crippen LogP contribution in [0.15, 0.2) is 36.5 Å². The lowest BCUT2D eigenvalue weighted by Gasteiger charge is -1.98. The van der Waals surface area contributed by atoms with Crippen LogP contribution < -0.4 is 0 Å². The van der Waals surface area contributed by atoms with Gasteiger partial charge >= 0.3 is 0 Å². The third-order valence-corrected chi connectivity index (χ3v) is 2.18. The highest BCUT2D eigenvalue weighted by Crippen LogP contribution is 2.05. The second kappa shape index (κ2) is 4.50. The van der Waals surface area contributed by atoms with E-state index in [4.69, 9.17) is 0 Å². The maximum Gasteiger partial charge on any atom is 0.185 e. The molecule has 0 aliphatic heterocycles. The fourth-order valence-corrected chi connectivity index (χ4v) is 1.37. The van der Waals surface area contributed by atoms with Crippen molar-refractivity contribution in [1.29, 1.82) is 0 Å². The van der Waals surface area contributed by atoms with Crippen LogP contribution in [0.3, 0.4) is 0 Å². The third kappa shape index (κ3) is 2.49. The molecule has 0 aliphatic carbocycles. The summed E-state index contributed by atoms with van der Waals surface area (Å²) in [6, 6.07) is 9.92. The normalized spacial score (nSPS) is 10.1. The van der Waals surface area contributed by atoms with Crippen LogP contribution in [0.25, 0.3) is 0 Å². The summed E-state index contributed by atoms with van der Waals surface area (Å²) in [5, 5.41) is 9.77. The van der Waals surface area contributed by atoms with E-state index in [0.717, 1.165) is 12.0 Å². The number of nitrogens with zero attached hydrogens (tertiary/aromatic N) is 2. The van der Waals surface area contributed by atoms with Gasteiger partial charge in [0.25, 0.3) is 0 Å². The number of carbonyl (C=O) groups excluding carboxylic acids is 1. The van der Waals surface area contributed by atoms with Crippen molar-refractivity contribution < 1.29 is 4.79 Å². The predicted molar refractivity (Wildman–Crippen MR) is 55.5 cm³/mol. The van der Waals surface area contributed by atoms with Gasteiger partial charge in [-0.2, -0.15) is 15.4 Å². The number of nitrogens with one attached hydrogen (secondary N) is 1. The molecule has 2 rings (SSSR count). The van der Waals surface area contributed by atoms with Crippen LogP contribution >= 0.6 is 0 Å². The lowest BCUT2D eigenvalue weighted by Crippen LogP contribution is -2.01. The summed E-state index contributed by atoms with van der Waals surface area (Å²) in [5.74, 6) is 0.0209. The average molecular weight is 201 g/mol. The van der Waals surface area contributed by atoms with E-state index in [0.29, 0.717) is 12.1 Å². The number of aromatic nitrogens is 3. The number of Topliss-reactive ketones (excluding diaryl/α,β-unsaturated/α-hetero) is 1. The summed E-state index contributed by atoms with van der Waals surface area (Å²) in [6.07, 6.45) is 2.66. The van der Waals surface area contributed by atoms with Gasteiger partial charge in [-0.3, -0.25) is 4.79 Å². The standard InChI is InChI=1S/C11H11N3O/c15-11(10-8-12-14-13-10)7-6-9-4-2-1-3-5-9/h1-5,8H,6-7H2,(H,12,13,14). The molecule has 0 aliphatic rings. The van der Waals surface area contributed by atoms with Crippen LogP contribution in [0.5, 0.6) is 0 Å². The van der Waals surface area contributed by atoms with Gasteiger partial charge in [-0.05, 0) is 12.0 Å². The van der Waals surface area contributed by atoms with Crippen molar-refractivity contribution >= 4 is 5.78 Å². The number of H-pyrrole nitrogens is 1. The lowest BCUT2D eigenvalue weighted by atomic mass is 10.1. The molecular formula is C11H11N3O. The second-order valence-corrected chi connectivity index (χ2v) is 3.26. The minimum atomic E-state index is 0.0209. The first-order valence-electron chi connectivity index (χ1n) is 4.79. The van der Waals surface area contributed by atoms with E-state index in [9.17, 15) is 4.79 Å². The molecule has 2 aromatic rings. The number of hydrogen-bond acceptors (Lipinski definition) is 3. The molecule has 0 unspecified atom stereocenters. The highest BCUT2D eigenvalue weighted by Gasteiger charge is 2.08. The Hall–Kier alpha value is -1.97. The van der Waals surface area contributed by atoms with Gasteiger partial charge in [-0.15, -0.1) is 0 Å². The van der Waals surface area contributed by atoms with Crippen molar-refractivity contribution in [2.24, 2.45) is 0 Å². The molecule has 76 valence electrons. The molecule has 1 aromatic carbocycles. The Kier molecular flexibility index (Phi) is 2.88. The summed E-state index contributed by atoms with van der Waals surface area (Å²) < 4.78 is 0. The average Bonchev–Trinajstić information content (AvgIpc) is 2.81. The molecule has 1 heterocycles. The van der Waals surface area contributed by atoms with Gasteiger partial charge in [-0.1, -0.05) is 30.3 Å². The summed E-state index contributed by atoms with van der Waals surface area (Å²) in [4.78, 5) is 11.6. The van der Waals surface area contributed by atoms with Gasteiger partial charge < -0.3 is 0 Å². The number of hydrogen-bond donors (Lipinski definition) is 1. The Morgan fingerprint density at radius 2 is 2.07 bits per heavy atom. The number of aromatic amines is 1. The largest absolute Gasteiger partial charge is 0.292 e. The molecule has 0 amide bonds. The molecule has 4 heteroatoms. The Morgan fingerprint density at radius 3 is 2.73 bits per heavy atom. The van der Waals surface area contributed by atoms with E-state index < -0.39 is 0 Å². The minimum Gasteiger partial charge on any atom is -0.292 e. The molecule has 0 radical (unpaired) electrons. The van der Waals surface area contributed by atoms with Crippen molar-refractivity contribution in [1.82, 2.24) is 15.4 Å². The fraction of sp³-hybridized carbons (Fsp3) is 0.182. The van der Waals surface area contributed by atoms with Crippen molar-refractivity contribution in [3.8, 4) is 0 Å². The number of rotatable bonds is 4. The first kappa shape index (κ1) is 9.58. The predicted octanol–water partition coefficient (Wildman–Crippen LogP) is 1.62. The zero-order valence-corrected chi connectivity index (χ0v) is 8.18. The van der Waals surface area contributed by atoms with E-state index in [-0.39, 0.29) is 5.78 Å². The van der Waals surface area contributed by atoms with Gasteiger partial charge in [0.05, 0.1) is 6.20 Å². The van der Waals surface area contributed by atoms with Crippen molar-refractivity contribution in [2.75, 3.05) is 0 Å². The van der Waals surface area contributed by atoms with Crippen molar-refractivity contribution in [2.45, 2.75) is 12.8 Å². The fourth-order valence-electron chi connectivity index (χ4n) is 1.37. The van der Waals surface area contributed by atoms with E-state index in [1.807, 2.05) is 30.3 Å². The van der Waals surface area contributed by atoms with Gasteiger partial charge in [0.2, 0.25) is 0 Å². The number of carbonyl (C=O) groups is 1. The third-order valence-electron chi connectivity index (χ3n) is 2.18. The van der Waals surface area contributed by atoms with Crippen LogP contribution in [0.1, 0.15) is 22.5 Å². The Bertz CT molecular complexity index is 422. The molecule has 0 fully saturated rings. The van der Waals surface area contributed by atoms with E-state index in [1.165, 1.54) is 6.20 Å². The number of benzene rings is 1. The van der Waals surface area contributed by atoms with Crippen molar-refractivity contribution in [3.05, 3.63) is 47.8 Å². The van der Waals surface area contributed by atoms with E-state index in [1.54, 1.807) is 0 Å². The maximum absolute atomic E-state index is 11.6. The van der Waals surface area contributed by atoms with Crippen LogP contribution in [-0.4, -0.2) is 21.2 Å². The van der Waals surface area contributed by atoms with Crippen LogP contribution in [0.4, 0.5) is 0 Å². The molecule has 4 nitrogen and oxygen atoms in total. The monoisotopic (exact) mass is 201 g/mol. The molecule has 15 heavy (non-hydrogen) atoms. The smallest absolute Gasteiger partial charge is 0.185 e. The molecule has 0 spiro atoms.